The molecule has 1 fully saturated rings. The van der Waals surface area contributed by atoms with Gasteiger partial charge in [0.25, 0.3) is 0 Å². The van der Waals surface area contributed by atoms with Crippen LogP contribution in [0.1, 0.15) is 38.7 Å². The summed E-state index contributed by atoms with van der Waals surface area (Å²) in [6.45, 7) is 5.81. The Hall–Kier alpha value is -0.540. The number of nitrogens with one attached hydrogen (secondary N) is 1. The van der Waals surface area contributed by atoms with Crippen molar-refractivity contribution in [2.45, 2.75) is 45.6 Å². The van der Waals surface area contributed by atoms with Crippen LogP contribution in [0.5, 0.6) is 5.75 Å². The number of benzene rings is 1. The van der Waals surface area contributed by atoms with E-state index in [0.29, 0.717) is 5.41 Å². The molecule has 1 N–H and O–H groups in total. The van der Waals surface area contributed by atoms with E-state index in [1.165, 1.54) is 29.3 Å². The highest BCUT2D eigenvalue weighted by Crippen LogP contribution is 2.31. The van der Waals surface area contributed by atoms with E-state index in [1.807, 2.05) is 6.07 Å². The summed E-state index contributed by atoms with van der Waals surface area (Å²) < 4.78 is 6.49. The van der Waals surface area contributed by atoms with E-state index in [0.717, 1.165) is 24.8 Å². The third-order valence-electron chi connectivity index (χ3n) is 3.73. The molecule has 0 saturated heterocycles. The maximum absolute atomic E-state index is 5.31. The molecule has 19 heavy (non-hydrogen) atoms. The maximum atomic E-state index is 5.31. The van der Waals surface area contributed by atoms with Gasteiger partial charge in [-0.15, -0.1) is 0 Å². The van der Waals surface area contributed by atoms with Gasteiger partial charge in [-0.05, 0) is 61.4 Å². The lowest BCUT2D eigenvalue weighted by molar-refractivity contribution is 0.323. The van der Waals surface area contributed by atoms with Crippen LogP contribution in [0.4, 0.5) is 0 Å². The van der Waals surface area contributed by atoms with Gasteiger partial charge in [0.05, 0.1) is 7.11 Å². The monoisotopic (exact) mass is 325 g/mol. The zero-order valence-electron chi connectivity index (χ0n) is 12.1. The third kappa shape index (κ3) is 4.81. The standard InChI is InChI=1S/C16H24BrNO/c1-16(2,8-9-18-13-4-5-13)11-12-10-14(19-3)6-7-15(12)17/h6-7,10,13,18H,4-5,8-9,11H2,1-3H3. The highest BCUT2D eigenvalue weighted by atomic mass is 79.9. The first-order valence-electron chi connectivity index (χ1n) is 7.06. The molecule has 0 unspecified atom stereocenters. The summed E-state index contributed by atoms with van der Waals surface area (Å²) in [7, 11) is 1.72. The van der Waals surface area contributed by atoms with Crippen LogP contribution in [-0.4, -0.2) is 19.7 Å². The summed E-state index contributed by atoms with van der Waals surface area (Å²) in [6, 6.07) is 7.02. The third-order valence-corrected chi connectivity index (χ3v) is 4.51. The first kappa shape index (κ1) is 14.9. The Morgan fingerprint density at radius 2 is 2.11 bits per heavy atom. The normalized spacial score (nSPS) is 15.6. The second-order valence-corrected chi connectivity index (χ2v) is 7.13. The van der Waals surface area contributed by atoms with Gasteiger partial charge >= 0.3 is 0 Å². The van der Waals surface area contributed by atoms with Crippen molar-refractivity contribution in [3.8, 4) is 5.75 Å². The van der Waals surface area contributed by atoms with E-state index in [1.54, 1.807) is 7.11 Å². The quantitative estimate of drug-likeness (QED) is 0.812. The van der Waals surface area contributed by atoms with Crippen LogP contribution in [0, 0.1) is 5.41 Å². The maximum Gasteiger partial charge on any atom is 0.119 e. The fraction of sp³-hybridized carbons (Fsp3) is 0.625. The highest BCUT2D eigenvalue weighted by Gasteiger charge is 2.23. The molecule has 1 aromatic rings. The molecule has 0 heterocycles. The lowest BCUT2D eigenvalue weighted by Gasteiger charge is -2.25. The van der Waals surface area contributed by atoms with Gasteiger partial charge in [-0.25, -0.2) is 0 Å². The SMILES string of the molecule is COc1ccc(Br)c(CC(C)(C)CCNC2CC2)c1. The summed E-state index contributed by atoms with van der Waals surface area (Å²) >= 11 is 3.64. The Bertz CT molecular complexity index is 427. The molecule has 0 radical (unpaired) electrons. The molecule has 2 nitrogen and oxygen atoms in total. The summed E-state index contributed by atoms with van der Waals surface area (Å²) in [5, 5.41) is 3.60. The van der Waals surface area contributed by atoms with Crippen molar-refractivity contribution in [3.63, 3.8) is 0 Å². The second kappa shape index (κ2) is 6.27. The summed E-state index contributed by atoms with van der Waals surface area (Å²) in [6.07, 6.45) is 4.99. The van der Waals surface area contributed by atoms with E-state index in [-0.39, 0.29) is 0 Å². The summed E-state index contributed by atoms with van der Waals surface area (Å²) in [4.78, 5) is 0. The molecule has 0 aliphatic heterocycles. The topological polar surface area (TPSA) is 21.3 Å². The van der Waals surface area contributed by atoms with Gasteiger partial charge in [0, 0.05) is 10.5 Å². The molecular weight excluding hydrogens is 302 g/mol. The predicted octanol–water partition coefficient (Wildman–Crippen LogP) is 4.17. The van der Waals surface area contributed by atoms with Crippen molar-refractivity contribution in [1.82, 2.24) is 5.32 Å². The van der Waals surface area contributed by atoms with Gasteiger partial charge in [0.2, 0.25) is 0 Å². The van der Waals surface area contributed by atoms with Crippen molar-refractivity contribution in [2.24, 2.45) is 5.41 Å². The van der Waals surface area contributed by atoms with E-state index in [9.17, 15) is 0 Å². The smallest absolute Gasteiger partial charge is 0.119 e. The van der Waals surface area contributed by atoms with E-state index in [2.05, 4.69) is 47.2 Å². The van der Waals surface area contributed by atoms with Gasteiger partial charge in [-0.3, -0.25) is 0 Å². The van der Waals surface area contributed by atoms with Gasteiger partial charge in [0.1, 0.15) is 5.75 Å². The number of ether oxygens (including phenoxy) is 1. The van der Waals surface area contributed by atoms with Gasteiger partial charge < -0.3 is 10.1 Å². The lowest BCUT2D eigenvalue weighted by Crippen LogP contribution is -2.25. The van der Waals surface area contributed by atoms with Gasteiger partial charge in [-0.1, -0.05) is 29.8 Å². The molecular formula is C16H24BrNO. The Balaban J connectivity index is 1.93. The zero-order chi connectivity index (χ0) is 13.9. The summed E-state index contributed by atoms with van der Waals surface area (Å²) in [5.41, 5.74) is 1.63. The molecule has 0 spiro atoms. The molecule has 0 atom stereocenters. The average Bonchev–Trinajstić information content (AvgIpc) is 3.15. The second-order valence-electron chi connectivity index (χ2n) is 6.28. The first-order valence-corrected chi connectivity index (χ1v) is 7.85. The summed E-state index contributed by atoms with van der Waals surface area (Å²) in [5.74, 6) is 0.935. The molecule has 1 aliphatic carbocycles. The minimum Gasteiger partial charge on any atom is -0.497 e. The molecule has 1 aromatic carbocycles. The Kier molecular flexibility index (Phi) is 4.91. The van der Waals surface area contributed by atoms with Crippen LogP contribution in [0.15, 0.2) is 22.7 Å². The number of hydrogen-bond acceptors (Lipinski definition) is 2. The van der Waals surface area contributed by atoms with Crippen LogP contribution in [0.25, 0.3) is 0 Å². The first-order chi connectivity index (χ1) is 9.00. The molecule has 106 valence electrons. The molecule has 1 aliphatic rings. The highest BCUT2D eigenvalue weighted by molar-refractivity contribution is 9.10. The molecule has 0 amide bonds. The number of halogens is 1. The van der Waals surface area contributed by atoms with E-state index < -0.39 is 0 Å². The Morgan fingerprint density at radius 1 is 1.37 bits per heavy atom. The Labute approximate surface area is 125 Å². The van der Waals surface area contributed by atoms with Crippen LogP contribution < -0.4 is 10.1 Å². The van der Waals surface area contributed by atoms with Crippen LogP contribution in [-0.2, 0) is 6.42 Å². The fourth-order valence-corrected chi connectivity index (χ4v) is 2.71. The fourth-order valence-electron chi connectivity index (χ4n) is 2.32. The Morgan fingerprint density at radius 3 is 2.74 bits per heavy atom. The molecule has 0 bridgehead atoms. The molecule has 1 saturated carbocycles. The molecule has 2 rings (SSSR count). The molecule has 3 heteroatoms. The number of rotatable bonds is 7. The predicted molar refractivity (Wildman–Crippen MR) is 83.8 cm³/mol. The minimum absolute atomic E-state index is 0.302. The van der Waals surface area contributed by atoms with Crippen molar-refractivity contribution >= 4 is 15.9 Å². The molecule has 0 aromatic heterocycles. The van der Waals surface area contributed by atoms with Crippen LogP contribution in [0.2, 0.25) is 0 Å². The van der Waals surface area contributed by atoms with Crippen molar-refractivity contribution < 1.29 is 4.74 Å². The van der Waals surface area contributed by atoms with Crippen molar-refractivity contribution in [1.29, 1.82) is 0 Å². The van der Waals surface area contributed by atoms with Crippen LogP contribution in [0.3, 0.4) is 0 Å². The average molecular weight is 326 g/mol. The van der Waals surface area contributed by atoms with Gasteiger partial charge in [0.15, 0.2) is 0 Å². The largest absolute Gasteiger partial charge is 0.497 e. The van der Waals surface area contributed by atoms with Crippen molar-refractivity contribution in [3.05, 3.63) is 28.2 Å². The van der Waals surface area contributed by atoms with Crippen LogP contribution >= 0.6 is 15.9 Å². The zero-order valence-corrected chi connectivity index (χ0v) is 13.7. The minimum atomic E-state index is 0.302. The van der Waals surface area contributed by atoms with E-state index >= 15 is 0 Å². The number of methoxy groups -OCH3 is 1. The van der Waals surface area contributed by atoms with Gasteiger partial charge in [-0.2, -0.15) is 0 Å². The lowest BCUT2D eigenvalue weighted by atomic mass is 9.82. The number of hydrogen-bond donors (Lipinski definition) is 1. The van der Waals surface area contributed by atoms with Crippen molar-refractivity contribution in [2.75, 3.05) is 13.7 Å². The van der Waals surface area contributed by atoms with E-state index in [4.69, 9.17) is 4.74 Å².